The number of anilines is 2. The average Bonchev–Trinajstić information content (AvgIpc) is 2.19. The van der Waals surface area contributed by atoms with Crippen LogP contribution in [0.25, 0.3) is 0 Å². The van der Waals surface area contributed by atoms with Crippen molar-refractivity contribution < 1.29 is 8.42 Å². The lowest BCUT2D eigenvalue weighted by atomic mass is 10.1. The minimum absolute atomic E-state index is 0.631. The summed E-state index contributed by atoms with van der Waals surface area (Å²) < 4.78 is 24.8. The Morgan fingerprint density at radius 1 is 1.28 bits per heavy atom. The monoisotopic (exact) mass is 270 g/mol. The first-order valence-electron chi connectivity index (χ1n) is 6.10. The number of aryl methyl sites for hydroxylation is 1. The quantitative estimate of drug-likeness (QED) is 0.835. The maximum Gasteiger partial charge on any atom is 0.229 e. The van der Waals surface area contributed by atoms with E-state index in [2.05, 4.69) is 23.9 Å². The Morgan fingerprint density at radius 3 is 2.44 bits per heavy atom. The molecule has 0 aromatic heterocycles. The fourth-order valence-corrected chi connectivity index (χ4v) is 2.22. The Labute approximate surface area is 110 Å². The van der Waals surface area contributed by atoms with Gasteiger partial charge in [-0.15, -0.1) is 0 Å². The maximum atomic E-state index is 11.2. The van der Waals surface area contributed by atoms with Crippen LogP contribution in [0, 0.1) is 12.8 Å². The first-order valence-corrected chi connectivity index (χ1v) is 7.99. The first kappa shape index (κ1) is 14.8. The average molecular weight is 270 g/mol. The van der Waals surface area contributed by atoms with E-state index in [1.807, 2.05) is 19.1 Å². The molecule has 1 aromatic carbocycles. The van der Waals surface area contributed by atoms with Gasteiger partial charge in [-0.25, -0.2) is 8.42 Å². The van der Waals surface area contributed by atoms with E-state index in [1.54, 1.807) is 6.07 Å². The van der Waals surface area contributed by atoms with Gasteiger partial charge in [-0.2, -0.15) is 0 Å². The molecule has 102 valence electrons. The highest BCUT2D eigenvalue weighted by molar-refractivity contribution is 7.92. The summed E-state index contributed by atoms with van der Waals surface area (Å²) in [7, 11) is -3.21. The third-order valence-electron chi connectivity index (χ3n) is 2.57. The van der Waals surface area contributed by atoms with Crippen LogP contribution >= 0.6 is 0 Å². The topological polar surface area (TPSA) is 58.2 Å². The number of hydrogen-bond acceptors (Lipinski definition) is 3. The van der Waals surface area contributed by atoms with Crippen LogP contribution in [0.3, 0.4) is 0 Å². The molecule has 0 atom stereocenters. The van der Waals surface area contributed by atoms with Crippen LogP contribution in [0.2, 0.25) is 0 Å². The van der Waals surface area contributed by atoms with Crippen LogP contribution in [0.1, 0.15) is 25.8 Å². The molecule has 0 saturated heterocycles. The second-order valence-corrected chi connectivity index (χ2v) is 6.76. The zero-order valence-corrected chi connectivity index (χ0v) is 12.3. The summed E-state index contributed by atoms with van der Waals surface area (Å²) in [6.45, 7) is 7.19. The molecule has 1 rings (SSSR count). The highest BCUT2D eigenvalue weighted by Gasteiger charge is 2.05. The first-order chi connectivity index (χ1) is 8.28. The van der Waals surface area contributed by atoms with E-state index in [0.29, 0.717) is 11.6 Å². The van der Waals surface area contributed by atoms with Crippen molar-refractivity contribution in [2.24, 2.45) is 5.92 Å². The molecule has 1 aromatic rings. The van der Waals surface area contributed by atoms with Crippen molar-refractivity contribution in [3.05, 3.63) is 23.8 Å². The predicted molar refractivity (Wildman–Crippen MR) is 77.6 cm³/mol. The molecule has 0 heterocycles. The predicted octanol–water partition coefficient (Wildman–Crippen LogP) is 2.82. The molecule has 0 saturated carbocycles. The van der Waals surface area contributed by atoms with Gasteiger partial charge in [0.2, 0.25) is 10.0 Å². The molecule has 0 fully saturated rings. The van der Waals surface area contributed by atoms with Crippen molar-refractivity contribution >= 4 is 21.4 Å². The van der Waals surface area contributed by atoms with E-state index in [1.165, 1.54) is 0 Å². The molecule has 0 aliphatic carbocycles. The second kappa shape index (κ2) is 6.09. The number of sulfonamides is 1. The zero-order chi connectivity index (χ0) is 13.8. The van der Waals surface area contributed by atoms with Crippen LogP contribution < -0.4 is 10.0 Å². The van der Waals surface area contributed by atoms with E-state index in [9.17, 15) is 8.42 Å². The molecule has 0 amide bonds. The lowest BCUT2D eigenvalue weighted by molar-refractivity contribution is 0.606. The van der Waals surface area contributed by atoms with Gasteiger partial charge in [0.25, 0.3) is 0 Å². The molecular weight excluding hydrogens is 248 g/mol. The molecule has 0 spiro atoms. The third kappa shape index (κ3) is 5.40. The van der Waals surface area contributed by atoms with E-state index >= 15 is 0 Å². The van der Waals surface area contributed by atoms with E-state index in [0.717, 1.165) is 30.5 Å². The summed E-state index contributed by atoms with van der Waals surface area (Å²) in [6, 6.07) is 5.63. The number of nitrogens with one attached hydrogen (secondary N) is 2. The van der Waals surface area contributed by atoms with Crippen LogP contribution in [0.15, 0.2) is 18.2 Å². The standard InChI is InChI=1S/C13H22N2O2S/c1-10(2)7-8-14-12-5-6-13(11(3)9-12)15-18(4,16)17/h5-6,9-10,14-15H,7-8H2,1-4H3. The molecule has 4 nitrogen and oxygen atoms in total. The number of rotatable bonds is 6. The largest absolute Gasteiger partial charge is 0.385 e. The molecule has 0 radical (unpaired) electrons. The van der Waals surface area contributed by atoms with Crippen molar-refractivity contribution in [1.82, 2.24) is 0 Å². The minimum Gasteiger partial charge on any atom is -0.385 e. The molecule has 0 aliphatic heterocycles. The molecular formula is C13H22N2O2S. The van der Waals surface area contributed by atoms with Crippen LogP contribution in [0.5, 0.6) is 0 Å². The smallest absolute Gasteiger partial charge is 0.229 e. The SMILES string of the molecule is Cc1cc(NCCC(C)C)ccc1NS(C)(=O)=O. The minimum atomic E-state index is -3.21. The summed E-state index contributed by atoms with van der Waals surface area (Å²) in [5.41, 5.74) is 2.56. The van der Waals surface area contributed by atoms with Gasteiger partial charge in [0.05, 0.1) is 11.9 Å². The van der Waals surface area contributed by atoms with Crippen LogP contribution in [-0.4, -0.2) is 21.2 Å². The highest BCUT2D eigenvalue weighted by atomic mass is 32.2. The van der Waals surface area contributed by atoms with Gasteiger partial charge in [0, 0.05) is 12.2 Å². The number of benzene rings is 1. The van der Waals surface area contributed by atoms with Crippen molar-refractivity contribution in [2.45, 2.75) is 27.2 Å². The molecule has 18 heavy (non-hydrogen) atoms. The summed E-state index contributed by atoms with van der Waals surface area (Å²) in [5, 5.41) is 3.33. The maximum absolute atomic E-state index is 11.2. The van der Waals surface area contributed by atoms with Crippen molar-refractivity contribution in [2.75, 3.05) is 22.8 Å². The Kier molecular flexibility index (Phi) is 5.02. The molecule has 0 unspecified atom stereocenters. The van der Waals surface area contributed by atoms with Gasteiger partial charge in [-0.05, 0) is 43.0 Å². The van der Waals surface area contributed by atoms with E-state index in [4.69, 9.17) is 0 Å². The van der Waals surface area contributed by atoms with Crippen LogP contribution in [-0.2, 0) is 10.0 Å². The Balaban J connectivity index is 2.68. The van der Waals surface area contributed by atoms with Gasteiger partial charge >= 0.3 is 0 Å². The Morgan fingerprint density at radius 2 is 1.94 bits per heavy atom. The Hall–Kier alpha value is -1.23. The van der Waals surface area contributed by atoms with Gasteiger partial charge in [-0.3, -0.25) is 4.72 Å². The normalized spacial score (nSPS) is 11.6. The van der Waals surface area contributed by atoms with Crippen LogP contribution in [0.4, 0.5) is 11.4 Å². The second-order valence-electron chi connectivity index (χ2n) is 5.01. The summed E-state index contributed by atoms with van der Waals surface area (Å²) in [6.07, 6.45) is 2.27. The van der Waals surface area contributed by atoms with Gasteiger partial charge < -0.3 is 5.32 Å². The summed E-state index contributed by atoms with van der Waals surface area (Å²) in [5.74, 6) is 0.671. The lowest BCUT2D eigenvalue weighted by Crippen LogP contribution is -2.11. The Bertz CT molecular complexity index is 496. The molecule has 2 N–H and O–H groups in total. The van der Waals surface area contributed by atoms with Crippen molar-refractivity contribution in [3.8, 4) is 0 Å². The number of hydrogen-bond donors (Lipinski definition) is 2. The van der Waals surface area contributed by atoms with E-state index < -0.39 is 10.0 Å². The molecule has 5 heteroatoms. The summed E-state index contributed by atoms with van der Waals surface area (Å²) in [4.78, 5) is 0. The van der Waals surface area contributed by atoms with Crippen molar-refractivity contribution in [3.63, 3.8) is 0 Å². The zero-order valence-electron chi connectivity index (χ0n) is 11.4. The summed E-state index contributed by atoms with van der Waals surface area (Å²) >= 11 is 0. The fourth-order valence-electron chi connectivity index (χ4n) is 1.59. The van der Waals surface area contributed by atoms with Gasteiger partial charge in [-0.1, -0.05) is 13.8 Å². The van der Waals surface area contributed by atoms with Crippen molar-refractivity contribution in [1.29, 1.82) is 0 Å². The third-order valence-corrected chi connectivity index (χ3v) is 3.16. The highest BCUT2D eigenvalue weighted by Crippen LogP contribution is 2.20. The van der Waals surface area contributed by atoms with Gasteiger partial charge in [0.1, 0.15) is 0 Å². The molecule has 0 bridgehead atoms. The lowest BCUT2D eigenvalue weighted by Gasteiger charge is -2.12. The fraction of sp³-hybridized carbons (Fsp3) is 0.538. The van der Waals surface area contributed by atoms with E-state index in [-0.39, 0.29) is 0 Å². The van der Waals surface area contributed by atoms with Gasteiger partial charge in [0.15, 0.2) is 0 Å². The molecule has 0 aliphatic rings.